The number of pyridine rings is 2. The van der Waals surface area contributed by atoms with Crippen LogP contribution >= 0.6 is 0 Å². The fourth-order valence-corrected chi connectivity index (χ4v) is 4.67. The molecule has 228 valence electrons. The van der Waals surface area contributed by atoms with Crippen molar-refractivity contribution < 1.29 is 42.6 Å². The lowest BCUT2D eigenvalue weighted by Crippen LogP contribution is -2.48. The molecule has 0 aliphatic heterocycles. The minimum absolute atomic E-state index is 0.159. The van der Waals surface area contributed by atoms with Gasteiger partial charge in [-0.25, -0.2) is 9.68 Å². The third-order valence-electron chi connectivity index (χ3n) is 6.52. The molecule has 5 aromatic rings. The Morgan fingerprint density at radius 3 is 1.20 bits per heavy atom. The van der Waals surface area contributed by atoms with Gasteiger partial charge in [0, 0.05) is 45.7 Å². The van der Waals surface area contributed by atoms with E-state index >= 15 is 0 Å². The van der Waals surface area contributed by atoms with Crippen molar-refractivity contribution in [1.82, 2.24) is 0 Å². The Morgan fingerprint density at radius 1 is 0.545 bits per heavy atom. The van der Waals surface area contributed by atoms with Gasteiger partial charge in [0.2, 0.25) is 24.8 Å². The third kappa shape index (κ3) is 10.9. The van der Waals surface area contributed by atoms with Crippen LogP contribution in [0.1, 0.15) is 29.5 Å². The Morgan fingerprint density at radius 2 is 0.886 bits per heavy atom. The molecule has 0 atom stereocenters. The first kappa shape index (κ1) is 33.9. The van der Waals surface area contributed by atoms with Gasteiger partial charge in [-0.2, -0.15) is 8.78 Å². The summed E-state index contributed by atoms with van der Waals surface area (Å²) in [6, 6.07) is 41.7. The summed E-state index contributed by atoms with van der Waals surface area (Å²) in [5, 5.41) is 21.4. The first-order valence-electron chi connectivity index (χ1n) is 14.0. The van der Waals surface area contributed by atoms with E-state index in [1.165, 1.54) is 26.2 Å². The normalized spacial score (nSPS) is 10.4. The summed E-state index contributed by atoms with van der Waals surface area (Å²) in [6.07, 6.45) is 7.84. The summed E-state index contributed by atoms with van der Waals surface area (Å²) < 4.78 is 30.2. The summed E-state index contributed by atoms with van der Waals surface area (Å²) >= 11 is 0. The molecule has 7 nitrogen and oxygen atoms in total. The second-order valence-electron chi connectivity index (χ2n) is 9.21. The van der Waals surface area contributed by atoms with E-state index < -0.39 is 21.0 Å². The third-order valence-corrected chi connectivity index (χ3v) is 6.52. The smallest absolute Gasteiger partial charge is 0.297 e. The number of hydrogen-bond donors (Lipinski definition) is 0. The van der Waals surface area contributed by atoms with E-state index in [0.29, 0.717) is 6.42 Å². The molecular weight excluding hydrogens is 565 g/mol. The minimum atomic E-state index is -2.23. The zero-order valence-corrected chi connectivity index (χ0v) is 24.2. The van der Waals surface area contributed by atoms with Crippen molar-refractivity contribution in [2.24, 2.45) is 0 Å². The van der Waals surface area contributed by atoms with Crippen molar-refractivity contribution in [1.29, 1.82) is 0 Å². The minimum Gasteiger partial charge on any atom is -0.871 e. The molecule has 0 saturated heterocycles. The highest BCUT2D eigenvalue weighted by atomic mass is 19.1. The van der Waals surface area contributed by atoms with Gasteiger partial charge in [0.25, 0.3) is 13.7 Å². The van der Waals surface area contributed by atoms with Gasteiger partial charge in [-0.05, 0) is 29.5 Å². The molecule has 0 fully saturated rings. The number of aromatic nitrogens is 2. The highest BCUT2D eigenvalue weighted by Gasteiger charge is 2.35. The Hall–Kier alpha value is -4.64. The van der Waals surface area contributed by atoms with Crippen molar-refractivity contribution in [2.75, 3.05) is 20.3 Å². The summed E-state index contributed by atoms with van der Waals surface area (Å²) in [5.74, 6) is 0. The SMILES string of the molecule is FCO[n+]1ccccc1.FCO[n+]1ccccc1.[O-]B([O-])OCCCC(c1ccccc1)(c1ccccc1)c1ccccc1. The first-order chi connectivity index (χ1) is 21.6. The van der Waals surface area contributed by atoms with E-state index in [2.05, 4.69) is 46.1 Å². The van der Waals surface area contributed by atoms with Crippen LogP contribution in [0.4, 0.5) is 8.78 Å². The molecule has 0 amide bonds. The van der Waals surface area contributed by atoms with E-state index in [0.717, 1.165) is 6.42 Å². The second kappa shape index (κ2) is 19.5. The van der Waals surface area contributed by atoms with Crippen molar-refractivity contribution in [3.63, 3.8) is 0 Å². The summed E-state index contributed by atoms with van der Waals surface area (Å²) in [6.45, 7) is -1.44. The maximum atomic E-state index is 11.4. The first-order valence-corrected chi connectivity index (χ1v) is 14.0. The summed E-state index contributed by atoms with van der Waals surface area (Å²) in [5.41, 5.74) is 3.17. The molecule has 2 heterocycles. The van der Waals surface area contributed by atoms with Crippen LogP contribution in [0.25, 0.3) is 0 Å². The van der Waals surface area contributed by atoms with Crippen molar-refractivity contribution in [3.8, 4) is 0 Å². The van der Waals surface area contributed by atoms with Crippen LogP contribution in [0.3, 0.4) is 0 Å². The van der Waals surface area contributed by atoms with Gasteiger partial charge < -0.3 is 14.7 Å². The molecular formula is C34H35BF2N2O5. The number of benzene rings is 3. The second-order valence-corrected chi connectivity index (χ2v) is 9.21. The quantitative estimate of drug-likeness (QED) is 0.0952. The Labute approximate surface area is 257 Å². The number of nitrogens with zero attached hydrogens (tertiary/aromatic N) is 2. The van der Waals surface area contributed by atoms with E-state index in [1.807, 2.05) is 66.7 Å². The highest BCUT2D eigenvalue weighted by Crippen LogP contribution is 2.42. The lowest BCUT2D eigenvalue weighted by atomic mass is 9.67. The fourth-order valence-electron chi connectivity index (χ4n) is 4.67. The van der Waals surface area contributed by atoms with E-state index in [9.17, 15) is 18.8 Å². The molecule has 0 bridgehead atoms. The molecule has 10 heteroatoms. The predicted octanol–water partition coefficient (Wildman–Crippen LogP) is 3.18. The zero-order chi connectivity index (χ0) is 31.3. The van der Waals surface area contributed by atoms with Crippen LogP contribution in [-0.4, -0.2) is 27.6 Å². The van der Waals surface area contributed by atoms with Crippen LogP contribution in [0.5, 0.6) is 0 Å². The molecule has 0 N–H and O–H groups in total. The number of rotatable bonds is 12. The molecule has 2 aromatic heterocycles. The van der Waals surface area contributed by atoms with Gasteiger partial charge in [-0.3, -0.25) is 0 Å². The van der Waals surface area contributed by atoms with Crippen molar-refractivity contribution >= 4 is 7.32 Å². The average molecular weight is 600 g/mol. The van der Waals surface area contributed by atoms with Gasteiger partial charge in [-0.15, -0.1) is 0 Å². The highest BCUT2D eigenvalue weighted by molar-refractivity contribution is 6.28. The number of alkyl halides is 2. The fraction of sp³-hybridized carbons (Fsp3) is 0.176. The molecule has 0 aliphatic rings. The van der Waals surface area contributed by atoms with Crippen LogP contribution < -0.4 is 29.2 Å². The van der Waals surface area contributed by atoms with Crippen molar-refractivity contribution in [3.05, 3.63) is 169 Å². The van der Waals surface area contributed by atoms with E-state index in [-0.39, 0.29) is 12.0 Å². The molecule has 0 saturated carbocycles. The van der Waals surface area contributed by atoms with Crippen LogP contribution in [0.15, 0.2) is 152 Å². The lowest BCUT2D eigenvalue weighted by Gasteiger charge is -2.37. The lowest BCUT2D eigenvalue weighted by molar-refractivity contribution is -0.895. The Bertz CT molecular complexity index is 1270. The predicted molar refractivity (Wildman–Crippen MR) is 159 cm³/mol. The number of halogens is 2. The van der Waals surface area contributed by atoms with Crippen LogP contribution in [-0.2, 0) is 10.1 Å². The summed E-state index contributed by atoms with van der Waals surface area (Å²) in [4.78, 5) is 8.91. The van der Waals surface area contributed by atoms with E-state index in [1.54, 1.807) is 49.1 Å². The van der Waals surface area contributed by atoms with E-state index in [4.69, 9.17) is 4.65 Å². The number of hydrogen-bond acceptors (Lipinski definition) is 5. The average Bonchev–Trinajstić information content (AvgIpc) is 3.08. The Kier molecular flexibility index (Phi) is 15.0. The standard InChI is InChI=1S/C22H21BO3.2C6H7FNO/c24-23(25)26-18-10-17-22(19-11-4-1-5-12-19,20-13-6-2-7-14-20)21-15-8-3-9-16-21;2*7-6-9-8-4-2-1-3-5-8/h1-9,11-16H,10,17-18H2;2*1-5H,6H2/q-2;2*+1. The maximum Gasteiger partial charge on any atom is 0.297 e. The molecule has 0 radical (unpaired) electrons. The zero-order valence-electron chi connectivity index (χ0n) is 24.2. The largest absolute Gasteiger partial charge is 0.871 e. The molecule has 0 unspecified atom stereocenters. The summed E-state index contributed by atoms with van der Waals surface area (Å²) in [7, 11) is -2.23. The van der Waals surface area contributed by atoms with Gasteiger partial charge in [0.1, 0.15) is 0 Å². The molecule has 0 spiro atoms. The van der Waals surface area contributed by atoms with Gasteiger partial charge in [0.15, 0.2) is 0 Å². The molecule has 0 aliphatic carbocycles. The van der Waals surface area contributed by atoms with Gasteiger partial charge in [-0.1, -0.05) is 103 Å². The van der Waals surface area contributed by atoms with Crippen molar-refractivity contribution in [2.45, 2.75) is 18.3 Å². The molecule has 44 heavy (non-hydrogen) atoms. The van der Waals surface area contributed by atoms with Gasteiger partial charge >= 0.3 is 0 Å². The topological polar surface area (TPSA) is 81.6 Å². The Balaban J connectivity index is 0.000000238. The van der Waals surface area contributed by atoms with Crippen LogP contribution in [0, 0.1) is 0 Å². The monoisotopic (exact) mass is 600 g/mol. The molecule has 5 rings (SSSR count). The molecule has 3 aromatic carbocycles. The maximum absolute atomic E-state index is 11.4. The van der Waals surface area contributed by atoms with Crippen LogP contribution in [0.2, 0.25) is 0 Å². The van der Waals surface area contributed by atoms with Gasteiger partial charge in [0.05, 0.1) is 7.32 Å².